The number of nitrogens with zero attached hydrogens (tertiary/aromatic N) is 1. The van der Waals surface area contributed by atoms with Crippen LogP contribution in [0.2, 0.25) is 0 Å². The minimum absolute atomic E-state index is 0.0709. The number of nitrogens with one attached hydrogen (secondary N) is 2. The summed E-state index contributed by atoms with van der Waals surface area (Å²) in [5, 5.41) is 5.69. The van der Waals surface area contributed by atoms with Crippen molar-refractivity contribution in [3.8, 4) is 0 Å². The molecule has 0 saturated carbocycles. The van der Waals surface area contributed by atoms with E-state index < -0.39 is 0 Å². The van der Waals surface area contributed by atoms with E-state index in [1.165, 1.54) is 0 Å². The summed E-state index contributed by atoms with van der Waals surface area (Å²) in [6.45, 7) is 0.665. The Morgan fingerprint density at radius 3 is 1.97 bits per heavy atom. The lowest BCUT2D eigenvalue weighted by atomic mass is 10.1. The monoisotopic (exact) mass is 399 g/mol. The van der Waals surface area contributed by atoms with Crippen LogP contribution in [0.3, 0.4) is 0 Å². The second-order valence-corrected chi connectivity index (χ2v) is 7.02. The fourth-order valence-electron chi connectivity index (χ4n) is 3.42. The Labute approximate surface area is 174 Å². The number of para-hydroxylation sites is 2. The van der Waals surface area contributed by atoms with Crippen molar-refractivity contribution in [2.24, 2.45) is 0 Å². The number of rotatable bonds is 5. The van der Waals surface area contributed by atoms with Gasteiger partial charge in [0.25, 0.3) is 11.8 Å². The van der Waals surface area contributed by atoms with Crippen LogP contribution in [-0.2, 0) is 4.79 Å². The van der Waals surface area contributed by atoms with E-state index in [9.17, 15) is 14.4 Å². The number of carbonyl (C=O) groups excluding carboxylic acids is 3. The number of anilines is 3. The van der Waals surface area contributed by atoms with Gasteiger partial charge in [0.15, 0.2) is 0 Å². The standard InChI is InChI=1S/C24H21N3O3/c28-22-14-7-15-27(22)19-11-6-10-18(16-19)24(30)26-21-13-5-4-12-20(21)25-23(29)17-8-2-1-3-9-17/h1-6,8-13,16H,7,14-15H2,(H,25,29)(H,26,30). The fourth-order valence-corrected chi connectivity index (χ4v) is 3.42. The van der Waals surface area contributed by atoms with Gasteiger partial charge < -0.3 is 15.5 Å². The maximum Gasteiger partial charge on any atom is 0.255 e. The molecule has 0 radical (unpaired) electrons. The van der Waals surface area contributed by atoms with Crippen LogP contribution in [-0.4, -0.2) is 24.3 Å². The largest absolute Gasteiger partial charge is 0.320 e. The molecular formula is C24H21N3O3. The summed E-state index contributed by atoms with van der Waals surface area (Å²) >= 11 is 0. The van der Waals surface area contributed by atoms with Crippen LogP contribution in [0, 0.1) is 0 Å². The number of benzene rings is 3. The molecule has 3 aromatic carbocycles. The fraction of sp³-hybridized carbons (Fsp3) is 0.125. The Hall–Kier alpha value is -3.93. The minimum Gasteiger partial charge on any atom is -0.320 e. The molecule has 0 aliphatic carbocycles. The zero-order valence-corrected chi connectivity index (χ0v) is 16.3. The number of amides is 3. The molecule has 1 heterocycles. The Bertz CT molecular complexity index is 1100. The molecule has 0 aromatic heterocycles. The quantitative estimate of drug-likeness (QED) is 0.671. The maximum absolute atomic E-state index is 12.8. The molecule has 6 heteroatoms. The van der Waals surface area contributed by atoms with Crippen LogP contribution in [0.15, 0.2) is 78.9 Å². The molecule has 1 saturated heterocycles. The van der Waals surface area contributed by atoms with Crippen molar-refractivity contribution in [1.82, 2.24) is 0 Å². The maximum atomic E-state index is 12.8. The summed E-state index contributed by atoms with van der Waals surface area (Å²) in [7, 11) is 0. The summed E-state index contributed by atoms with van der Waals surface area (Å²) in [5.41, 5.74) is 2.69. The molecule has 150 valence electrons. The smallest absolute Gasteiger partial charge is 0.255 e. The van der Waals surface area contributed by atoms with E-state index in [-0.39, 0.29) is 17.7 Å². The van der Waals surface area contributed by atoms with Gasteiger partial charge in [0, 0.05) is 29.8 Å². The van der Waals surface area contributed by atoms with Gasteiger partial charge in [-0.25, -0.2) is 0 Å². The molecule has 0 unspecified atom stereocenters. The molecule has 1 fully saturated rings. The van der Waals surface area contributed by atoms with Crippen LogP contribution < -0.4 is 15.5 Å². The van der Waals surface area contributed by atoms with Crippen LogP contribution in [0.5, 0.6) is 0 Å². The van der Waals surface area contributed by atoms with Crippen molar-refractivity contribution < 1.29 is 14.4 Å². The Balaban J connectivity index is 1.52. The zero-order chi connectivity index (χ0) is 20.9. The first-order valence-electron chi connectivity index (χ1n) is 9.79. The lowest BCUT2D eigenvalue weighted by Crippen LogP contribution is -2.24. The molecule has 3 aromatic rings. The highest BCUT2D eigenvalue weighted by Crippen LogP contribution is 2.25. The number of hydrogen-bond acceptors (Lipinski definition) is 3. The first-order valence-corrected chi connectivity index (χ1v) is 9.79. The lowest BCUT2D eigenvalue weighted by molar-refractivity contribution is -0.117. The average molecular weight is 399 g/mol. The van der Waals surface area contributed by atoms with Crippen LogP contribution in [0.1, 0.15) is 33.6 Å². The molecule has 0 spiro atoms. The SMILES string of the molecule is O=C(Nc1ccccc1NC(=O)c1cccc(N2CCCC2=O)c1)c1ccccc1. The normalized spacial score (nSPS) is 13.2. The summed E-state index contributed by atoms with van der Waals surface area (Å²) in [5.74, 6) is -0.502. The molecule has 0 atom stereocenters. The van der Waals surface area contributed by atoms with Gasteiger partial charge in [-0.15, -0.1) is 0 Å². The van der Waals surface area contributed by atoms with E-state index in [0.717, 1.165) is 12.1 Å². The van der Waals surface area contributed by atoms with Crippen molar-refractivity contribution in [3.05, 3.63) is 90.0 Å². The van der Waals surface area contributed by atoms with Gasteiger partial charge in [-0.2, -0.15) is 0 Å². The second kappa shape index (κ2) is 8.61. The van der Waals surface area contributed by atoms with Crippen molar-refractivity contribution in [2.75, 3.05) is 22.1 Å². The number of carbonyl (C=O) groups is 3. The Kier molecular flexibility index (Phi) is 5.57. The highest BCUT2D eigenvalue weighted by molar-refractivity contribution is 6.10. The molecule has 0 bridgehead atoms. The third kappa shape index (κ3) is 4.22. The molecule has 1 aliphatic heterocycles. The first kappa shape index (κ1) is 19.4. The molecule has 30 heavy (non-hydrogen) atoms. The van der Waals surface area contributed by atoms with Crippen molar-refractivity contribution in [2.45, 2.75) is 12.8 Å². The van der Waals surface area contributed by atoms with Crippen LogP contribution in [0.25, 0.3) is 0 Å². The van der Waals surface area contributed by atoms with Crippen LogP contribution in [0.4, 0.5) is 17.1 Å². The first-order chi connectivity index (χ1) is 14.6. The predicted octanol–water partition coefficient (Wildman–Crippen LogP) is 4.32. The highest BCUT2D eigenvalue weighted by atomic mass is 16.2. The van der Waals surface area contributed by atoms with Gasteiger partial charge in [-0.05, 0) is 48.9 Å². The molecule has 2 N–H and O–H groups in total. The van der Waals surface area contributed by atoms with Gasteiger partial charge in [0.05, 0.1) is 11.4 Å². The topological polar surface area (TPSA) is 78.5 Å². The second-order valence-electron chi connectivity index (χ2n) is 7.02. The van der Waals surface area contributed by atoms with E-state index in [1.54, 1.807) is 71.6 Å². The van der Waals surface area contributed by atoms with E-state index in [2.05, 4.69) is 10.6 Å². The van der Waals surface area contributed by atoms with Crippen molar-refractivity contribution in [3.63, 3.8) is 0 Å². The Morgan fingerprint density at radius 1 is 0.733 bits per heavy atom. The third-order valence-electron chi connectivity index (χ3n) is 4.95. The lowest BCUT2D eigenvalue weighted by Gasteiger charge is -2.17. The Morgan fingerprint density at radius 2 is 1.33 bits per heavy atom. The highest BCUT2D eigenvalue weighted by Gasteiger charge is 2.22. The van der Waals surface area contributed by atoms with Gasteiger partial charge in [-0.1, -0.05) is 36.4 Å². The summed E-state index contributed by atoms with van der Waals surface area (Å²) in [4.78, 5) is 39.0. The van der Waals surface area contributed by atoms with E-state index in [4.69, 9.17) is 0 Å². The average Bonchev–Trinajstić information content (AvgIpc) is 3.21. The summed E-state index contributed by atoms with van der Waals surface area (Å²) < 4.78 is 0. The van der Waals surface area contributed by atoms with Gasteiger partial charge in [-0.3, -0.25) is 14.4 Å². The minimum atomic E-state index is -0.315. The van der Waals surface area contributed by atoms with Crippen molar-refractivity contribution in [1.29, 1.82) is 0 Å². The van der Waals surface area contributed by atoms with E-state index in [1.807, 2.05) is 12.1 Å². The van der Waals surface area contributed by atoms with Crippen molar-refractivity contribution >= 4 is 34.8 Å². The molecule has 1 aliphatic rings. The molecule has 6 nitrogen and oxygen atoms in total. The number of hydrogen-bond donors (Lipinski definition) is 2. The van der Waals surface area contributed by atoms with Crippen LogP contribution >= 0.6 is 0 Å². The predicted molar refractivity (Wildman–Crippen MR) is 117 cm³/mol. The summed E-state index contributed by atoms with van der Waals surface area (Å²) in [6, 6.07) is 22.9. The van der Waals surface area contributed by atoms with Gasteiger partial charge in [0.1, 0.15) is 0 Å². The molecule has 4 rings (SSSR count). The zero-order valence-electron chi connectivity index (χ0n) is 16.3. The molecular weight excluding hydrogens is 378 g/mol. The summed E-state index contributed by atoms with van der Waals surface area (Å²) in [6.07, 6.45) is 1.36. The van der Waals surface area contributed by atoms with Gasteiger partial charge >= 0.3 is 0 Å². The third-order valence-corrected chi connectivity index (χ3v) is 4.95. The van der Waals surface area contributed by atoms with E-state index >= 15 is 0 Å². The molecule has 3 amide bonds. The van der Waals surface area contributed by atoms with Gasteiger partial charge in [0.2, 0.25) is 5.91 Å². The van der Waals surface area contributed by atoms with E-state index in [0.29, 0.717) is 35.5 Å².